The predicted octanol–water partition coefficient (Wildman–Crippen LogP) is 2.00. The predicted molar refractivity (Wildman–Crippen MR) is 82.2 cm³/mol. The Morgan fingerprint density at radius 3 is 2.62 bits per heavy atom. The van der Waals surface area contributed by atoms with Crippen molar-refractivity contribution in [1.82, 2.24) is 9.88 Å². The minimum atomic E-state index is -0.782. The molecule has 1 aliphatic carbocycles. The number of likely N-dealkylation sites (N-methyl/N-ethyl adjacent to an activating group) is 1. The van der Waals surface area contributed by atoms with Crippen molar-refractivity contribution < 1.29 is 14.7 Å². The van der Waals surface area contributed by atoms with Gasteiger partial charge in [-0.05, 0) is 26.3 Å². The maximum Gasteiger partial charge on any atom is 0.317 e. The second-order valence-electron chi connectivity index (χ2n) is 5.40. The second-order valence-corrected chi connectivity index (χ2v) is 6.61. The Balaban J connectivity index is 1.86. The molecule has 1 aliphatic rings. The average Bonchev–Trinajstić information content (AvgIpc) is 2.72. The summed E-state index contributed by atoms with van der Waals surface area (Å²) in [5.74, 6) is -0.795. The second kappa shape index (κ2) is 6.53. The fourth-order valence-corrected chi connectivity index (χ4v) is 3.57. The van der Waals surface area contributed by atoms with Crippen LogP contribution in [-0.4, -0.2) is 51.9 Å². The molecule has 2 rings (SSSR count). The Morgan fingerprint density at radius 2 is 2.14 bits per heavy atom. The topological polar surface area (TPSA) is 82.5 Å². The number of anilines is 1. The number of aliphatic carboxylic acids is 1. The molecular formula is C14H21N3O3S. The summed E-state index contributed by atoms with van der Waals surface area (Å²) in [7, 11) is 0. The third-order valence-corrected chi connectivity index (χ3v) is 4.73. The molecule has 21 heavy (non-hydrogen) atoms. The third-order valence-electron chi connectivity index (χ3n) is 3.83. The first-order chi connectivity index (χ1) is 9.90. The fourth-order valence-electron chi connectivity index (χ4n) is 2.64. The van der Waals surface area contributed by atoms with Crippen LogP contribution in [0.5, 0.6) is 0 Å². The van der Waals surface area contributed by atoms with E-state index in [9.17, 15) is 9.59 Å². The van der Waals surface area contributed by atoms with E-state index >= 15 is 0 Å². The Kier molecular flexibility index (Phi) is 4.95. The van der Waals surface area contributed by atoms with E-state index in [1.54, 1.807) is 0 Å². The molecule has 0 bridgehead atoms. The lowest BCUT2D eigenvalue weighted by Gasteiger charge is -2.42. The van der Waals surface area contributed by atoms with Gasteiger partial charge >= 0.3 is 5.97 Å². The first-order valence-electron chi connectivity index (χ1n) is 7.11. The van der Waals surface area contributed by atoms with E-state index in [2.05, 4.69) is 10.3 Å². The highest BCUT2D eigenvalue weighted by atomic mass is 32.1. The number of nitrogens with one attached hydrogen (secondary N) is 1. The number of hydrogen-bond acceptors (Lipinski definition) is 6. The summed E-state index contributed by atoms with van der Waals surface area (Å²) < 4.78 is 0. The fraction of sp³-hybridized carbons (Fsp3) is 0.643. The van der Waals surface area contributed by atoms with Crippen LogP contribution in [0.4, 0.5) is 5.13 Å². The van der Waals surface area contributed by atoms with Crippen molar-refractivity contribution >= 4 is 28.2 Å². The highest BCUT2D eigenvalue weighted by Gasteiger charge is 2.34. The minimum Gasteiger partial charge on any atom is -0.480 e. The zero-order chi connectivity index (χ0) is 15.6. The highest BCUT2D eigenvalue weighted by molar-refractivity contribution is 7.15. The molecule has 0 amide bonds. The lowest BCUT2D eigenvalue weighted by molar-refractivity contribution is -0.139. The summed E-state index contributed by atoms with van der Waals surface area (Å²) >= 11 is 1.50. The Hall–Kier alpha value is -1.47. The lowest BCUT2D eigenvalue weighted by Crippen LogP contribution is -2.51. The van der Waals surface area contributed by atoms with Gasteiger partial charge in [0.05, 0.1) is 6.54 Å². The molecule has 0 saturated heterocycles. The molecule has 7 heteroatoms. The van der Waals surface area contributed by atoms with Gasteiger partial charge in [-0.1, -0.05) is 6.92 Å². The smallest absolute Gasteiger partial charge is 0.317 e. The molecule has 0 atom stereocenters. The summed E-state index contributed by atoms with van der Waals surface area (Å²) in [6.07, 6.45) is 1.82. The minimum absolute atomic E-state index is 0.0121. The van der Waals surface area contributed by atoms with Crippen LogP contribution in [0.1, 0.15) is 42.1 Å². The number of Topliss-reactive ketones (excluding diaryl/α,β-unsaturated/α-hetero) is 1. The molecule has 0 unspecified atom stereocenters. The van der Waals surface area contributed by atoms with Gasteiger partial charge in [0.25, 0.3) is 0 Å². The first kappa shape index (κ1) is 15.9. The van der Waals surface area contributed by atoms with Crippen LogP contribution >= 0.6 is 11.3 Å². The van der Waals surface area contributed by atoms with Crippen LogP contribution < -0.4 is 5.32 Å². The Labute approximate surface area is 128 Å². The normalized spacial score (nSPS) is 21.1. The van der Waals surface area contributed by atoms with E-state index in [1.807, 2.05) is 18.7 Å². The van der Waals surface area contributed by atoms with E-state index in [0.717, 1.165) is 29.4 Å². The SMILES string of the molecule is CCN(CC(=O)O)C1CC(Nc2nc(C(C)=O)c(C)s2)C1. The van der Waals surface area contributed by atoms with E-state index in [4.69, 9.17) is 5.11 Å². The van der Waals surface area contributed by atoms with Crippen molar-refractivity contribution in [1.29, 1.82) is 0 Å². The van der Waals surface area contributed by atoms with Crippen LogP contribution in [0.3, 0.4) is 0 Å². The van der Waals surface area contributed by atoms with Gasteiger partial charge in [-0.25, -0.2) is 4.98 Å². The number of aryl methyl sites for hydroxylation is 1. The maximum atomic E-state index is 11.4. The Bertz CT molecular complexity index is 538. The van der Waals surface area contributed by atoms with Crippen LogP contribution in [0.25, 0.3) is 0 Å². The van der Waals surface area contributed by atoms with Crippen LogP contribution in [0.15, 0.2) is 0 Å². The van der Waals surface area contributed by atoms with E-state index in [0.29, 0.717) is 17.8 Å². The van der Waals surface area contributed by atoms with Gasteiger partial charge in [0.15, 0.2) is 10.9 Å². The van der Waals surface area contributed by atoms with Crippen molar-refractivity contribution in [2.45, 2.75) is 45.7 Å². The molecule has 0 spiro atoms. The van der Waals surface area contributed by atoms with Crippen molar-refractivity contribution in [3.05, 3.63) is 10.6 Å². The van der Waals surface area contributed by atoms with Gasteiger partial charge < -0.3 is 10.4 Å². The van der Waals surface area contributed by atoms with Gasteiger partial charge in [0.1, 0.15) is 5.69 Å². The summed E-state index contributed by atoms with van der Waals surface area (Å²) in [6, 6.07) is 0.625. The third kappa shape index (κ3) is 3.79. The number of ketones is 1. The molecular weight excluding hydrogens is 290 g/mol. The van der Waals surface area contributed by atoms with Crippen molar-refractivity contribution in [3.8, 4) is 0 Å². The number of carboxylic acids is 1. The molecule has 2 N–H and O–H groups in total. The van der Waals surface area contributed by atoms with Gasteiger partial charge in [-0.15, -0.1) is 11.3 Å². The molecule has 0 radical (unpaired) electrons. The number of aromatic nitrogens is 1. The number of carbonyl (C=O) groups is 2. The molecule has 116 valence electrons. The molecule has 0 aromatic carbocycles. The summed E-state index contributed by atoms with van der Waals surface area (Å²) in [5, 5.41) is 13.0. The van der Waals surface area contributed by atoms with E-state index in [-0.39, 0.29) is 12.3 Å². The molecule has 1 heterocycles. The van der Waals surface area contributed by atoms with Gasteiger partial charge in [-0.2, -0.15) is 0 Å². The van der Waals surface area contributed by atoms with Crippen molar-refractivity contribution in [2.24, 2.45) is 0 Å². The van der Waals surface area contributed by atoms with Crippen molar-refractivity contribution in [3.63, 3.8) is 0 Å². The number of thiazole rings is 1. The zero-order valence-corrected chi connectivity index (χ0v) is 13.4. The van der Waals surface area contributed by atoms with Crippen LogP contribution in [0.2, 0.25) is 0 Å². The van der Waals surface area contributed by atoms with Gasteiger partial charge in [-0.3, -0.25) is 14.5 Å². The quantitative estimate of drug-likeness (QED) is 0.750. The van der Waals surface area contributed by atoms with Crippen LogP contribution in [0, 0.1) is 6.92 Å². The van der Waals surface area contributed by atoms with E-state index < -0.39 is 5.97 Å². The summed E-state index contributed by atoms with van der Waals surface area (Å²) in [6.45, 7) is 6.24. The number of rotatable bonds is 7. The van der Waals surface area contributed by atoms with E-state index in [1.165, 1.54) is 18.3 Å². The molecule has 1 aromatic heterocycles. The lowest BCUT2D eigenvalue weighted by atomic mass is 9.85. The maximum absolute atomic E-state index is 11.4. The average molecular weight is 311 g/mol. The number of nitrogens with zero attached hydrogens (tertiary/aromatic N) is 2. The summed E-state index contributed by atoms with van der Waals surface area (Å²) in [5.41, 5.74) is 0.541. The Morgan fingerprint density at radius 1 is 1.48 bits per heavy atom. The standard InChI is InChI=1S/C14H21N3O3S/c1-4-17(7-12(19)20)11-5-10(6-11)15-14-16-13(8(2)18)9(3)21-14/h10-11H,4-7H2,1-3H3,(H,15,16)(H,19,20). The largest absolute Gasteiger partial charge is 0.480 e. The molecule has 6 nitrogen and oxygen atoms in total. The van der Waals surface area contributed by atoms with Gasteiger partial charge in [0, 0.05) is 23.9 Å². The first-order valence-corrected chi connectivity index (χ1v) is 7.93. The van der Waals surface area contributed by atoms with Crippen molar-refractivity contribution in [2.75, 3.05) is 18.4 Å². The zero-order valence-electron chi connectivity index (χ0n) is 12.5. The molecule has 1 saturated carbocycles. The summed E-state index contributed by atoms with van der Waals surface area (Å²) in [4.78, 5) is 29.4. The van der Waals surface area contributed by atoms with Crippen LogP contribution in [-0.2, 0) is 4.79 Å². The number of carboxylic acid groups (broad SMARTS) is 1. The molecule has 1 fully saturated rings. The highest BCUT2D eigenvalue weighted by Crippen LogP contribution is 2.31. The molecule has 1 aromatic rings. The number of hydrogen-bond donors (Lipinski definition) is 2. The van der Waals surface area contributed by atoms with Gasteiger partial charge in [0.2, 0.25) is 0 Å². The monoisotopic (exact) mass is 311 g/mol. The number of carbonyl (C=O) groups excluding carboxylic acids is 1. The molecule has 0 aliphatic heterocycles.